The number of fused-ring (bicyclic) bond motifs is 2. The summed E-state index contributed by atoms with van der Waals surface area (Å²) in [5, 5.41) is 20.4. The molecule has 2 saturated heterocycles. The molecule has 2 heterocycles. The van der Waals surface area contributed by atoms with Gasteiger partial charge in [0.25, 0.3) is 0 Å². The topological polar surface area (TPSA) is 77.4 Å². The molecular weight excluding hydrogens is 336 g/mol. The van der Waals surface area contributed by atoms with E-state index in [1.165, 1.54) is 0 Å². The predicted molar refractivity (Wildman–Crippen MR) is 92.0 cm³/mol. The zero-order valence-electron chi connectivity index (χ0n) is 14.2. The molecule has 6 heteroatoms. The van der Waals surface area contributed by atoms with Crippen LogP contribution in [0.2, 0.25) is 0 Å². The molecule has 0 spiro atoms. The van der Waals surface area contributed by atoms with Crippen molar-refractivity contribution in [2.75, 3.05) is 13.2 Å². The average molecular weight is 358 g/mol. The number of hydrogen-bond donors (Lipinski definition) is 2. The van der Waals surface area contributed by atoms with Crippen molar-refractivity contribution in [3.63, 3.8) is 0 Å². The molecule has 2 bridgehead atoms. The maximum Gasteiger partial charge on any atom is 0.184 e. The molecule has 4 rings (SSSR count). The Kier molecular flexibility index (Phi) is 5.31. The molecule has 0 radical (unpaired) electrons. The second kappa shape index (κ2) is 7.84. The summed E-state index contributed by atoms with van der Waals surface area (Å²) in [6, 6.07) is 19.0. The molecule has 2 aromatic carbocycles. The molecule has 138 valence electrons. The third-order valence-electron chi connectivity index (χ3n) is 4.70. The van der Waals surface area contributed by atoms with Crippen molar-refractivity contribution in [2.24, 2.45) is 0 Å². The Balaban J connectivity index is 1.59. The summed E-state index contributed by atoms with van der Waals surface area (Å²) in [6.07, 6.45) is -4.31. The highest BCUT2D eigenvalue weighted by molar-refractivity contribution is 5.18. The highest BCUT2D eigenvalue weighted by Gasteiger charge is 2.46. The summed E-state index contributed by atoms with van der Waals surface area (Å²) >= 11 is 0. The first kappa shape index (κ1) is 17.6. The minimum absolute atomic E-state index is 0.155. The van der Waals surface area contributed by atoms with E-state index in [0.29, 0.717) is 0 Å². The van der Waals surface area contributed by atoms with Gasteiger partial charge in [0.15, 0.2) is 12.6 Å². The standard InChI is InChI=1S/C20H22O6/c21-11-15-18-17(22)16(25-20(26-18)14-9-5-2-6-10-14)12-23-19(24-15)13-7-3-1-4-8-13/h1-10,15-22H,11-12H2/t15-,16+,17-,18-,19?,20?/m1/s1. The summed E-state index contributed by atoms with van der Waals surface area (Å²) in [7, 11) is 0. The fraction of sp³-hybridized carbons (Fsp3) is 0.400. The minimum atomic E-state index is -0.955. The van der Waals surface area contributed by atoms with Gasteiger partial charge in [0.1, 0.15) is 24.4 Å². The first-order valence-corrected chi connectivity index (χ1v) is 8.73. The molecule has 0 amide bonds. The minimum Gasteiger partial charge on any atom is -0.394 e. The molecule has 0 aliphatic carbocycles. The molecule has 2 unspecified atom stereocenters. The van der Waals surface area contributed by atoms with Crippen LogP contribution in [0.15, 0.2) is 60.7 Å². The van der Waals surface area contributed by atoms with Gasteiger partial charge in [-0.25, -0.2) is 0 Å². The molecule has 0 saturated carbocycles. The maximum atomic E-state index is 10.6. The van der Waals surface area contributed by atoms with Crippen LogP contribution in [0.4, 0.5) is 0 Å². The summed E-state index contributed by atoms with van der Waals surface area (Å²) in [4.78, 5) is 0. The van der Waals surface area contributed by atoms with E-state index in [1.807, 2.05) is 60.7 Å². The Morgan fingerprint density at radius 2 is 1.42 bits per heavy atom. The molecular formula is C20H22O6. The summed E-state index contributed by atoms with van der Waals surface area (Å²) in [5.41, 5.74) is 1.67. The molecule has 2 N–H and O–H groups in total. The molecule has 0 aromatic heterocycles. The van der Waals surface area contributed by atoms with E-state index in [1.54, 1.807) is 0 Å². The van der Waals surface area contributed by atoms with Crippen LogP contribution < -0.4 is 0 Å². The summed E-state index contributed by atoms with van der Waals surface area (Å²) in [5.74, 6) is 0. The second-order valence-electron chi connectivity index (χ2n) is 6.44. The highest BCUT2D eigenvalue weighted by Crippen LogP contribution is 2.36. The average Bonchev–Trinajstić information content (AvgIpc) is 2.71. The summed E-state index contributed by atoms with van der Waals surface area (Å²) in [6.45, 7) is -0.148. The highest BCUT2D eigenvalue weighted by atomic mass is 16.8. The van der Waals surface area contributed by atoms with Crippen LogP contribution in [0.25, 0.3) is 0 Å². The number of hydrogen-bond acceptors (Lipinski definition) is 6. The molecule has 6 nitrogen and oxygen atoms in total. The fourth-order valence-corrected chi connectivity index (χ4v) is 3.31. The first-order valence-electron chi connectivity index (χ1n) is 8.73. The van der Waals surface area contributed by atoms with Gasteiger partial charge in [0.05, 0.1) is 13.2 Å². The van der Waals surface area contributed by atoms with E-state index in [-0.39, 0.29) is 13.2 Å². The predicted octanol–water partition coefficient (Wildman–Crippen LogP) is 1.94. The Morgan fingerprint density at radius 1 is 0.808 bits per heavy atom. The van der Waals surface area contributed by atoms with E-state index < -0.39 is 37.0 Å². The van der Waals surface area contributed by atoms with Crippen LogP contribution in [-0.4, -0.2) is 47.8 Å². The number of ether oxygens (including phenoxy) is 4. The number of benzene rings is 2. The van der Waals surface area contributed by atoms with Gasteiger partial charge in [-0.3, -0.25) is 0 Å². The molecule has 2 aromatic rings. The van der Waals surface area contributed by atoms with E-state index in [0.717, 1.165) is 11.1 Å². The Bertz CT molecular complexity index is 654. The van der Waals surface area contributed by atoms with Crippen molar-refractivity contribution in [1.29, 1.82) is 0 Å². The molecule has 2 aliphatic rings. The van der Waals surface area contributed by atoms with E-state index in [9.17, 15) is 10.2 Å². The Labute approximate surface area is 151 Å². The van der Waals surface area contributed by atoms with Gasteiger partial charge >= 0.3 is 0 Å². The van der Waals surface area contributed by atoms with Crippen LogP contribution in [0.3, 0.4) is 0 Å². The summed E-state index contributed by atoms with van der Waals surface area (Å²) < 4.78 is 23.7. The van der Waals surface area contributed by atoms with Crippen molar-refractivity contribution >= 4 is 0 Å². The van der Waals surface area contributed by atoms with Crippen molar-refractivity contribution in [2.45, 2.75) is 37.0 Å². The van der Waals surface area contributed by atoms with E-state index >= 15 is 0 Å². The quantitative estimate of drug-likeness (QED) is 0.873. The first-order chi connectivity index (χ1) is 12.8. The van der Waals surface area contributed by atoms with Gasteiger partial charge in [-0.05, 0) is 0 Å². The number of aliphatic hydroxyl groups excluding tert-OH is 2. The molecule has 2 fully saturated rings. The van der Waals surface area contributed by atoms with Gasteiger partial charge in [-0.15, -0.1) is 0 Å². The maximum absolute atomic E-state index is 10.6. The normalized spacial score (nSPS) is 34.7. The number of rotatable bonds is 3. The lowest BCUT2D eigenvalue weighted by Gasteiger charge is -2.45. The van der Waals surface area contributed by atoms with Crippen LogP contribution >= 0.6 is 0 Å². The van der Waals surface area contributed by atoms with Gasteiger partial charge in [-0.2, -0.15) is 0 Å². The zero-order valence-corrected chi connectivity index (χ0v) is 14.2. The van der Waals surface area contributed by atoms with E-state index in [4.69, 9.17) is 18.9 Å². The monoisotopic (exact) mass is 358 g/mol. The SMILES string of the molecule is OC[C@H]1OC(c2ccccc2)OC[C@@H]2OC(c3ccccc3)O[C@H]1[C@@H]2O. The molecule has 26 heavy (non-hydrogen) atoms. The lowest BCUT2D eigenvalue weighted by Crippen LogP contribution is -2.57. The zero-order chi connectivity index (χ0) is 17.9. The van der Waals surface area contributed by atoms with Crippen LogP contribution in [-0.2, 0) is 18.9 Å². The largest absolute Gasteiger partial charge is 0.394 e. The second-order valence-corrected chi connectivity index (χ2v) is 6.44. The fourth-order valence-electron chi connectivity index (χ4n) is 3.31. The van der Waals surface area contributed by atoms with Crippen LogP contribution in [0.5, 0.6) is 0 Å². The molecule has 2 aliphatic heterocycles. The lowest BCUT2D eigenvalue weighted by molar-refractivity contribution is -0.352. The van der Waals surface area contributed by atoms with Crippen molar-refractivity contribution in [1.82, 2.24) is 0 Å². The van der Waals surface area contributed by atoms with Gasteiger partial charge in [-0.1, -0.05) is 60.7 Å². The molecule has 6 atom stereocenters. The smallest absolute Gasteiger partial charge is 0.184 e. The lowest BCUT2D eigenvalue weighted by atomic mass is 10.00. The van der Waals surface area contributed by atoms with Crippen molar-refractivity contribution in [3.05, 3.63) is 71.8 Å². The van der Waals surface area contributed by atoms with Gasteiger partial charge in [0, 0.05) is 11.1 Å². The van der Waals surface area contributed by atoms with Gasteiger partial charge < -0.3 is 29.2 Å². The van der Waals surface area contributed by atoms with Crippen LogP contribution in [0.1, 0.15) is 23.7 Å². The third kappa shape index (κ3) is 3.53. The third-order valence-corrected chi connectivity index (χ3v) is 4.70. The van der Waals surface area contributed by atoms with Crippen molar-refractivity contribution in [3.8, 4) is 0 Å². The van der Waals surface area contributed by atoms with Crippen molar-refractivity contribution < 1.29 is 29.2 Å². The van der Waals surface area contributed by atoms with Gasteiger partial charge in [0.2, 0.25) is 0 Å². The van der Waals surface area contributed by atoms with Crippen LogP contribution in [0, 0.1) is 0 Å². The van der Waals surface area contributed by atoms with E-state index in [2.05, 4.69) is 0 Å². The number of aliphatic hydroxyl groups is 2. The Hall–Kier alpha value is -1.80. The Morgan fingerprint density at radius 3 is 2.04 bits per heavy atom.